The maximum atomic E-state index is 12.7. The predicted molar refractivity (Wildman–Crippen MR) is 90.2 cm³/mol. The second kappa shape index (κ2) is 8.17. The topological polar surface area (TPSA) is 90.7 Å². The summed E-state index contributed by atoms with van der Waals surface area (Å²) in [5.41, 5.74) is -0.498. The fraction of sp³-hybridized carbons (Fsp3) is 0.438. The monoisotopic (exact) mass is 408 g/mol. The number of halogens is 3. The number of ether oxygens (including phenoxy) is 2. The molecule has 1 atom stereocenters. The molecule has 0 saturated carbocycles. The van der Waals surface area contributed by atoms with Gasteiger partial charge in [-0.3, -0.25) is 4.68 Å². The van der Waals surface area contributed by atoms with E-state index in [0.29, 0.717) is 22.1 Å². The molecule has 150 valence electrons. The molecule has 2 aromatic rings. The molecular weight excluding hydrogens is 389 g/mol. The molecule has 7 nitrogen and oxygen atoms in total. The van der Waals surface area contributed by atoms with Crippen molar-refractivity contribution in [3.05, 3.63) is 41.6 Å². The van der Waals surface area contributed by atoms with Crippen molar-refractivity contribution in [1.82, 2.24) is 9.78 Å². The van der Waals surface area contributed by atoms with E-state index >= 15 is 0 Å². The van der Waals surface area contributed by atoms with Crippen LogP contribution < -0.4 is 9.47 Å². The van der Waals surface area contributed by atoms with Gasteiger partial charge in [-0.05, 0) is 17.7 Å². The average molecular weight is 408 g/mol. The van der Waals surface area contributed by atoms with Crippen molar-refractivity contribution in [3.63, 3.8) is 0 Å². The number of aryl methyl sites for hydroxylation is 1. The van der Waals surface area contributed by atoms with Crippen molar-refractivity contribution in [3.8, 4) is 11.6 Å². The van der Waals surface area contributed by atoms with E-state index in [1.165, 1.54) is 7.11 Å². The molecule has 11 heteroatoms. The second-order valence-corrected chi connectivity index (χ2v) is 7.97. The van der Waals surface area contributed by atoms with E-state index in [1.807, 2.05) is 0 Å². The zero-order valence-electron chi connectivity index (χ0n) is 14.6. The third kappa shape index (κ3) is 6.14. The first-order valence-electron chi connectivity index (χ1n) is 7.75. The Bertz CT molecular complexity index is 863. The lowest BCUT2D eigenvalue weighted by molar-refractivity contribution is -0.143. The number of aliphatic hydroxyl groups excluding tert-OH is 1. The molecule has 0 unspecified atom stereocenters. The van der Waals surface area contributed by atoms with Crippen LogP contribution in [0.4, 0.5) is 13.2 Å². The van der Waals surface area contributed by atoms with Crippen LogP contribution in [0.3, 0.4) is 0 Å². The van der Waals surface area contributed by atoms with Crippen molar-refractivity contribution in [1.29, 1.82) is 0 Å². The summed E-state index contributed by atoms with van der Waals surface area (Å²) in [6, 6.07) is 7.09. The maximum absolute atomic E-state index is 12.7. The number of methoxy groups -OCH3 is 1. The largest absolute Gasteiger partial charge is 0.497 e. The SMILES string of the molecule is COc1ccc(CS(=O)(=O)C[C@H](O)COc2cc(C(F)(F)F)n(C)n2)cc1. The van der Waals surface area contributed by atoms with Crippen molar-refractivity contribution in [2.75, 3.05) is 19.5 Å². The van der Waals surface area contributed by atoms with Gasteiger partial charge in [-0.1, -0.05) is 12.1 Å². The number of aromatic nitrogens is 2. The first kappa shape index (κ1) is 21.0. The minimum absolute atomic E-state index is 0.296. The van der Waals surface area contributed by atoms with Gasteiger partial charge in [0.25, 0.3) is 0 Å². The van der Waals surface area contributed by atoms with Crippen LogP contribution in [0.2, 0.25) is 0 Å². The number of benzene rings is 1. The zero-order chi connectivity index (χ0) is 20.2. The molecule has 0 bridgehead atoms. The van der Waals surface area contributed by atoms with Gasteiger partial charge in [-0.25, -0.2) is 8.42 Å². The van der Waals surface area contributed by atoms with Gasteiger partial charge in [0.15, 0.2) is 9.84 Å². The van der Waals surface area contributed by atoms with E-state index < -0.39 is 40.2 Å². The molecule has 0 aliphatic rings. The summed E-state index contributed by atoms with van der Waals surface area (Å²) < 4.78 is 72.9. The van der Waals surface area contributed by atoms with Crippen LogP contribution in [0.15, 0.2) is 30.3 Å². The van der Waals surface area contributed by atoms with Crippen LogP contribution >= 0.6 is 0 Å². The summed E-state index contributed by atoms with van der Waals surface area (Å²) in [6.07, 6.45) is -6.01. The molecule has 0 fully saturated rings. The molecule has 1 heterocycles. The number of alkyl halides is 3. The fourth-order valence-corrected chi connectivity index (χ4v) is 3.83. The minimum Gasteiger partial charge on any atom is -0.497 e. The molecule has 0 aliphatic heterocycles. The van der Waals surface area contributed by atoms with Crippen molar-refractivity contribution in [2.24, 2.45) is 7.05 Å². The van der Waals surface area contributed by atoms with E-state index in [1.54, 1.807) is 24.3 Å². The van der Waals surface area contributed by atoms with Gasteiger partial charge in [0.2, 0.25) is 5.88 Å². The Morgan fingerprint density at radius 2 is 1.89 bits per heavy atom. The van der Waals surface area contributed by atoms with E-state index in [2.05, 4.69) is 5.10 Å². The van der Waals surface area contributed by atoms with Gasteiger partial charge in [0.05, 0.1) is 18.6 Å². The summed E-state index contributed by atoms with van der Waals surface area (Å²) in [6.45, 7) is -0.504. The van der Waals surface area contributed by atoms with E-state index in [-0.39, 0.29) is 11.6 Å². The van der Waals surface area contributed by atoms with Gasteiger partial charge in [0, 0.05) is 13.1 Å². The highest BCUT2D eigenvalue weighted by Crippen LogP contribution is 2.30. The van der Waals surface area contributed by atoms with Crippen molar-refractivity contribution >= 4 is 9.84 Å². The Labute approximate surface area is 154 Å². The zero-order valence-corrected chi connectivity index (χ0v) is 15.4. The molecule has 0 radical (unpaired) electrons. The van der Waals surface area contributed by atoms with Crippen molar-refractivity contribution in [2.45, 2.75) is 18.0 Å². The third-order valence-corrected chi connectivity index (χ3v) is 5.23. The predicted octanol–water partition coefficient (Wildman–Crippen LogP) is 1.80. The number of hydrogen-bond acceptors (Lipinski definition) is 6. The molecule has 0 amide bonds. The minimum atomic E-state index is -4.59. The lowest BCUT2D eigenvalue weighted by Gasteiger charge is -2.12. The standard InChI is InChI=1S/C16H19F3N2O5S/c1-21-14(16(17,18)19)7-15(20-21)26-8-12(22)10-27(23,24)9-11-3-5-13(25-2)6-4-11/h3-7,12,22H,8-10H2,1-2H3/t12-/m1/s1. The first-order chi connectivity index (χ1) is 12.5. The molecule has 27 heavy (non-hydrogen) atoms. The Morgan fingerprint density at radius 3 is 2.41 bits per heavy atom. The Morgan fingerprint density at radius 1 is 1.26 bits per heavy atom. The highest BCUT2D eigenvalue weighted by atomic mass is 32.2. The highest BCUT2D eigenvalue weighted by molar-refractivity contribution is 7.90. The van der Waals surface area contributed by atoms with Crippen LogP contribution in [0.1, 0.15) is 11.3 Å². The highest BCUT2D eigenvalue weighted by Gasteiger charge is 2.35. The Kier molecular flexibility index (Phi) is 6.37. The Balaban J connectivity index is 1.91. The first-order valence-corrected chi connectivity index (χ1v) is 9.58. The summed E-state index contributed by atoms with van der Waals surface area (Å²) >= 11 is 0. The molecule has 1 aromatic carbocycles. The molecule has 2 rings (SSSR count). The van der Waals surface area contributed by atoms with Gasteiger partial charge in [0.1, 0.15) is 24.2 Å². The smallest absolute Gasteiger partial charge is 0.433 e. The van der Waals surface area contributed by atoms with Crippen LogP contribution in [0.25, 0.3) is 0 Å². The normalized spacial score (nSPS) is 13.4. The number of rotatable bonds is 8. The fourth-order valence-electron chi connectivity index (χ4n) is 2.33. The number of sulfone groups is 1. The van der Waals surface area contributed by atoms with Gasteiger partial charge < -0.3 is 14.6 Å². The molecule has 0 spiro atoms. The molecule has 1 aromatic heterocycles. The van der Waals surface area contributed by atoms with E-state index in [0.717, 1.165) is 7.05 Å². The van der Waals surface area contributed by atoms with E-state index in [4.69, 9.17) is 9.47 Å². The van der Waals surface area contributed by atoms with E-state index in [9.17, 15) is 26.7 Å². The summed E-state index contributed by atoms with van der Waals surface area (Å²) in [7, 11) is -1.07. The Hall–Kier alpha value is -2.27. The summed E-state index contributed by atoms with van der Waals surface area (Å²) in [5, 5.41) is 13.4. The lowest BCUT2D eigenvalue weighted by Crippen LogP contribution is -2.28. The maximum Gasteiger partial charge on any atom is 0.433 e. The summed E-state index contributed by atoms with van der Waals surface area (Å²) in [4.78, 5) is 0. The van der Waals surface area contributed by atoms with Crippen LogP contribution in [-0.4, -0.2) is 48.9 Å². The summed E-state index contributed by atoms with van der Waals surface area (Å²) in [5.74, 6) is -0.664. The quantitative estimate of drug-likeness (QED) is 0.716. The molecule has 1 N–H and O–H groups in total. The van der Waals surface area contributed by atoms with Gasteiger partial charge in [-0.15, -0.1) is 5.10 Å². The van der Waals surface area contributed by atoms with Gasteiger partial charge >= 0.3 is 6.18 Å². The third-order valence-electron chi connectivity index (χ3n) is 3.56. The average Bonchev–Trinajstić information content (AvgIpc) is 2.94. The van der Waals surface area contributed by atoms with Crippen LogP contribution in [0, 0.1) is 0 Å². The van der Waals surface area contributed by atoms with Crippen molar-refractivity contribution < 1.29 is 36.2 Å². The van der Waals surface area contributed by atoms with Gasteiger partial charge in [-0.2, -0.15) is 13.2 Å². The molecule has 0 aliphatic carbocycles. The number of aliphatic hydroxyl groups is 1. The lowest BCUT2D eigenvalue weighted by atomic mass is 10.2. The second-order valence-electron chi connectivity index (χ2n) is 5.86. The number of hydrogen-bond donors (Lipinski definition) is 1. The van der Waals surface area contributed by atoms with Crippen LogP contribution in [-0.2, 0) is 28.8 Å². The molecule has 0 saturated heterocycles. The molecular formula is C16H19F3N2O5S. The number of nitrogens with zero attached hydrogens (tertiary/aromatic N) is 2. The van der Waals surface area contributed by atoms with Crippen LogP contribution in [0.5, 0.6) is 11.6 Å².